The van der Waals surface area contributed by atoms with E-state index in [-0.39, 0.29) is 0 Å². The van der Waals surface area contributed by atoms with E-state index in [1.54, 1.807) is 14.0 Å². The quantitative estimate of drug-likeness (QED) is 0.769. The number of hydrogen-bond donors (Lipinski definition) is 2. The van der Waals surface area contributed by atoms with Gasteiger partial charge in [-0.15, -0.1) is 0 Å². The van der Waals surface area contributed by atoms with Crippen LogP contribution in [-0.4, -0.2) is 29.9 Å². The highest BCUT2D eigenvalue weighted by molar-refractivity contribution is 5.87. The van der Waals surface area contributed by atoms with Crippen molar-refractivity contribution in [2.24, 2.45) is 0 Å². The van der Waals surface area contributed by atoms with Crippen molar-refractivity contribution < 1.29 is 9.84 Å². The number of benzene rings is 2. The zero-order valence-electron chi connectivity index (χ0n) is 14.7. The molecule has 0 amide bonds. The van der Waals surface area contributed by atoms with Gasteiger partial charge in [-0.3, -0.25) is 0 Å². The molecule has 25 heavy (non-hydrogen) atoms. The second-order valence-electron chi connectivity index (χ2n) is 6.69. The summed E-state index contributed by atoms with van der Waals surface area (Å²) in [6.07, 6.45) is 0.514. The third kappa shape index (κ3) is 2.92. The van der Waals surface area contributed by atoms with E-state index in [1.165, 1.54) is 16.6 Å². The predicted molar refractivity (Wildman–Crippen MR) is 101 cm³/mol. The minimum absolute atomic E-state index is 0.547. The fraction of sp³-hybridized carbons (Fsp3) is 0.333. The van der Waals surface area contributed by atoms with Gasteiger partial charge < -0.3 is 19.7 Å². The summed E-state index contributed by atoms with van der Waals surface area (Å²) in [5, 5.41) is 15.0. The van der Waals surface area contributed by atoms with Crippen LogP contribution in [0.2, 0.25) is 0 Å². The monoisotopic (exact) mass is 336 g/mol. The predicted octanol–water partition coefficient (Wildman–Crippen LogP) is 3.52. The molecule has 0 bridgehead atoms. The van der Waals surface area contributed by atoms with E-state index in [0.717, 1.165) is 48.5 Å². The van der Waals surface area contributed by atoms with Crippen LogP contribution in [-0.2, 0) is 13.0 Å². The molecule has 2 aromatic carbocycles. The average Bonchev–Trinajstić information content (AvgIpc) is 2.81. The summed E-state index contributed by atoms with van der Waals surface area (Å²) in [5.74, 6) is 0.767. The number of methoxy groups -OCH3 is 1. The van der Waals surface area contributed by atoms with Crippen molar-refractivity contribution in [1.82, 2.24) is 9.88 Å². The Morgan fingerprint density at radius 3 is 2.80 bits per heavy atom. The summed E-state index contributed by atoms with van der Waals surface area (Å²) in [4.78, 5) is 0. The summed E-state index contributed by atoms with van der Waals surface area (Å²) in [6.45, 7) is 4.83. The summed E-state index contributed by atoms with van der Waals surface area (Å²) in [7, 11) is 1.65. The molecule has 2 N–H and O–H groups in total. The van der Waals surface area contributed by atoms with Crippen molar-refractivity contribution in [3.05, 3.63) is 53.7 Å². The molecule has 4 heteroatoms. The molecular weight excluding hydrogens is 312 g/mol. The molecule has 0 aliphatic carbocycles. The highest BCUT2D eigenvalue weighted by Gasteiger charge is 2.15. The van der Waals surface area contributed by atoms with E-state index >= 15 is 0 Å². The third-order valence-electron chi connectivity index (χ3n) is 5.08. The molecule has 1 aliphatic rings. The molecule has 0 saturated carbocycles. The van der Waals surface area contributed by atoms with E-state index in [0.29, 0.717) is 0 Å². The number of nitrogens with zero attached hydrogens (tertiary/aromatic N) is 1. The van der Waals surface area contributed by atoms with E-state index < -0.39 is 6.10 Å². The Hall–Kier alpha value is -2.30. The number of rotatable bonds is 3. The van der Waals surface area contributed by atoms with Crippen molar-refractivity contribution in [2.45, 2.75) is 26.0 Å². The number of fused-ring (bicyclic) bond motifs is 3. The zero-order valence-corrected chi connectivity index (χ0v) is 14.7. The largest absolute Gasteiger partial charge is 0.497 e. The van der Waals surface area contributed by atoms with E-state index in [4.69, 9.17) is 4.74 Å². The fourth-order valence-corrected chi connectivity index (χ4v) is 3.76. The molecule has 130 valence electrons. The molecule has 0 fully saturated rings. The second-order valence-corrected chi connectivity index (χ2v) is 6.69. The van der Waals surface area contributed by atoms with Gasteiger partial charge in [-0.1, -0.05) is 18.2 Å². The van der Waals surface area contributed by atoms with Crippen LogP contribution in [0.5, 0.6) is 5.75 Å². The summed E-state index contributed by atoms with van der Waals surface area (Å²) >= 11 is 0. The molecule has 0 saturated heterocycles. The summed E-state index contributed by atoms with van der Waals surface area (Å²) < 4.78 is 7.74. The van der Waals surface area contributed by atoms with Crippen LogP contribution >= 0.6 is 0 Å². The topological polar surface area (TPSA) is 46.4 Å². The van der Waals surface area contributed by atoms with Gasteiger partial charge in [0.25, 0.3) is 0 Å². The van der Waals surface area contributed by atoms with Gasteiger partial charge in [0.15, 0.2) is 0 Å². The van der Waals surface area contributed by atoms with Gasteiger partial charge in [0.05, 0.1) is 13.2 Å². The van der Waals surface area contributed by atoms with Gasteiger partial charge in [0, 0.05) is 37.3 Å². The maximum atomic E-state index is 10.2. The maximum absolute atomic E-state index is 10.2. The molecule has 4 rings (SSSR count). The lowest BCUT2D eigenvalue weighted by Crippen LogP contribution is -2.17. The smallest absolute Gasteiger partial charge is 0.119 e. The van der Waals surface area contributed by atoms with Crippen LogP contribution in [0.15, 0.2) is 42.5 Å². The Morgan fingerprint density at radius 1 is 1.12 bits per heavy atom. The number of aromatic nitrogens is 1. The standard InChI is InChI=1S/C21H24N2O2/c1-14(24)20-13-18(25-2)5-6-19(20)15-3-4-16-11-17-7-8-22-9-10-23(17)21(16)12-15/h3-6,11-14,22,24H,7-10H2,1-2H3. The first-order valence-corrected chi connectivity index (χ1v) is 8.86. The number of aliphatic hydroxyl groups is 1. The van der Waals surface area contributed by atoms with Crippen molar-refractivity contribution in [2.75, 3.05) is 20.2 Å². The van der Waals surface area contributed by atoms with E-state index in [9.17, 15) is 5.11 Å². The van der Waals surface area contributed by atoms with Crippen molar-refractivity contribution in [1.29, 1.82) is 0 Å². The normalized spacial score (nSPS) is 15.6. The minimum atomic E-state index is -0.547. The number of nitrogens with one attached hydrogen (secondary N) is 1. The molecule has 0 spiro atoms. The highest BCUT2D eigenvalue weighted by Crippen LogP contribution is 2.34. The Morgan fingerprint density at radius 2 is 2.00 bits per heavy atom. The first-order chi connectivity index (χ1) is 12.2. The molecule has 4 nitrogen and oxygen atoms in total. The van der Waals surface area contributed by atoms with Gasteiger partial charge in [-0.25, -0.2) is 0 Å². The fourth-order valence-electron chi connectivity index (χ4n) is 3.76. The lowest BCUT2D eigenvalue weighted by Gasteiger charge is -2.15. The van der Waals surface area contributed by atoms with E-state index in [2.05, 4.69) is 34.1 Å². The van der Waals surface area contributed by atoms with Gasteiger partial charge in [-0.2, -0.15) is 0 Å². The first-order valence-electron chi connectivity index (χ1n) is 8.86. The Balaban J connectivity index is 1.86. The van der Waals surface area contributed by atoms with Crippen LogP contribution < -0.4 is 10.1 Å². The summed E-state index contributed by atoms with van der Waals surface area (Å²) in [6, 6.07) is 14.8. The molecule has 2 heterocycles. The van der Waals surface area contributed by atoms with Crippen LogP contribution in [0.1, 0.15) is 24.3 Å². The van der Waals surface area contributed by atoms with Crippen LogP contribution in [0.3, 0.4) is 0 Å². The SMILES string of the molecule is COc1ccc(-c2ccc3cc4n(c3c2)CCNCC4)c(C(C)O)c1. The van der Waals surface area contributed by atoms with Crippen molar-refractivity contribution in [3.8, 4) is 16.9 Å². The zero-order chi connectivity index (χ0) is 17.4. The maximum Gasteiger partial charge on any atom is 0.119 e. The van der Waals surface area contributed by atoms with Gasteiger partial charge >= 0.3 is 0 Å². The average molecular weight is 336 g/mol. The van der Waals surface area contributed by atoms with Crippen LogP contribution in [0, 0.1) is 0 Å². The lowest BCUT2D eigenvalue weighted by atomic mass is 9.96. The number of hydrogen-bond acceptors (Lipinski definition) is 3. The molecule has 0 radical (unpaired) electrons. The summed E-state index contributed by atoms with van der Waals surface area (Å²) in [5.41, 5.74) is 5.73. The molecule has 1 aromatic heterocycles. The lowest BCUT2D eigenvalue weighted by molar-refractivity contribution is 0.199. The molecule has 1 atom stereocenters. The molecule has 1 aliphatic heterocycles. The number of aliphatic hydroxyl groups excluding tert-OH is 1. The van der Waals surface area contributed by atoms with Gasteiger partial charge in [-0.05, 0) is 53.3 Å². The number of ether oxygens (including phenoxy) is 1. The second kappa shape index (κ2) is 6.54. The third-order valence-corrected chi connectivity index (χ3v) is 5.08. The van der Waals surface area contributed by atoms with Gasteiger partial charge in [0.1, 0.15) is 5.75 Å². The van der Waals surface area contributed by atoms with Crippen molar-refractivity contribution in [3.63, 3.8) is 0 Å². The highest BCUT2D eigenvalue weighted by atomic mass is 16.5. The minimum Gasteiger partial charge on any atom is -0.497 e. The van der Waals surface area contributed by atoms with Gasteiger partial charge in [0.2, 0.25) is 0 Å². The Bertz CT molecular complexity index is 912. The first kappa shape index (κ1) is 16.2. The molecule has 3 aromatic rings. The van der Waals surface area contributed by atoms with Crippen molar-refractivity contribution >= 4 is 10.9 Å². The van der Waals surface area contributed by atoms with Crippen LogP contribution in [0.25, 0.3) is 22.0 Å². The molecule has 1 unspecified atom stereocenters. The Labute approximate surface area is 148 Å². The van der Waals surface area contributed by atoms with Crippen LogP contribution in [0.4, 0.5) is 0 Å². The molecular formula is C21H24N2O2. The Kier molecular flexibility index (Phi) is 4.24. The van der Waals surface area contributed by atoms with E-state index in [1.807, 2.05) is 18.2 Å².